The van der Waals surface area contributed by atoms with Crippen LogP contribution >= 0.6 is 0 Å². The van der Waals surface area contributed by atoms with Crippen LogP contribution in [0.15, 0.2) is 12.2 Å². The van der Waals surface area contributed by atoms with Gasteiger partial charge in [-0.05, 0) is 19.3 Å². The molecule has 0 saturated heterocycles. The molecular formula is C46H91NO3. The van der Waals surface area contributed by atoms with Crippen LogP contribution in [0.4, 0.5) is 0 Å². The van der Waals surface area contributed by atoms with Gasteiger partial charge in [-0.1, -0.05) is 244 Å². The predicted octanol–water partition coefficient (Wildman–Crippen LogP) is 14.2. The highest BCUT2D eigenvalue weighted by Gasteiger charge is 2.17. The lowest BCUT2D eigenvalue weighted by atomic mass is 10.0. The quantitative estimate of drug-likeness (QED) is 0.0437. The van der Waals surface area contributed by atoms with Gasteiger partial charge in [0, 0.05) is 6.42 Å². The van der Waals surface area contributed by atoms with Crippen molar-refractivity contribution in [3.63, 3.8) is 0 Å². The summed E-state index contributed by atoms with van der Waals surface area (Å²) >= 11 is 0. The Morgan fingerprint density at radius 3 is 1.04 bits per heavy atom. The summed E-state index contributed by atoms with van der Waals surface area (Å²) in [5, 5.41) is 23.0. The number of rotatable bonds is 42. The molecular weight excluding hydrogens is 615 g/mol. The number of allylic oxidation sites excluding steroid dienone is 1. The zero-order chi connectivity index (χ0) is 36.4. The van der Waals surface area contributed by atoms with Gasteiger partial charge in [-0.2, -0.15) is 0 Å². The fourth-order valence-corrected chi connectivity index (χ4v) is 7.24. The van der Waals surface area contributed by atoms with E-state index in [1.54, 1.807) is 6.08 Å². The van der Waals surface area contributed by atoms with Crippen molar-refractivity contribution in [2.45, 2.75) is 270 Å². The van der Waals surface area contributed by atoms with Crippen LogP contribution in [0.1, 0.15) is 258 Å². The number of unbranched alkanes of at least 4 members (excludes halogenated alkanes) is 35. The molecule has 2 unspecified atom stereocenters. The molecule has 0 aromatic rings. The van der Waals surface area contributed by atoms with Crippen molar-refractivity contribution < 1.29 is 15.0 Å². The third-order valence-corrected chi connectivity index (χ3v) is 10.8. The molecule has 4 heteroatoms. The maximum Gasteiger partial charge on any atom is 0.220 e. The Bertz CT molecular complexity index is 680. The van der Waals surface area contributed by atoms with Crippen molar-refractivity contribution in [2.75, 3.05) is 6.61 Å². The third-order valence-electron chi connectivity index (χ3n) is 10.8. The molecule has 50 heavy (non-hydrogen) atoms. The van der Waals surface area contributed by atoms with Crippen LogP contribution in [0.5, 0.6) is 0 Å². The minimum Gasteiger partial charge on any atom is -0.394 e. The number of hydrogen-bond donors (Lipinski definition) is 3. The van der Waals surface area contributed by atoms with Gasteiger partial charge in [0.1, 0.15) is 0 Å². The van der Waals surface area contributed by atoms with Gasteiger partial charge in [-0.25, -0.2) is 0 Å². The summed E-state index contributed by atoms with van der Waals surface area (Å²) in [7, 11) is 0. The van der Waals surface area contributed by atoms with Gasteiger partial charge in [0.05, 0.1) is 18.8 Å². The first kappa shape index (κ1) is 49.1. The number of carbonyl (C=O) groups is 1. The molecule has 3 N–H and O–H groups in total. The minimum absolute atomic E-state index is 0.0586. The van der Waals surface area contributed by atoms with Crippen molar-refractivity contribution in [3.8, 4) is 0 Å². The van der Waals surface area contributed by atoms with Crippen LogP contribution in [-0.2, 0) is 4.79 Å². The van der Waals surface area contributed by atoms with E-state index >= 15 is 0 Å². The molecule has 0 aromatic carbocycles. The molecule has 0 radical (unpaired) electrons. The number of carbonyl (C=O) groups excluding carboxylic acids is 1. The zero-order valence-electron chi connectivity index (χ0n) is 34.2. The first-order chi connectivity index (χ1) is 24.7. The van der Waals surface area contributed by atoms with Crippen LogP contribution < -0.4 is 5.32 Å². The van der Waals surface area contributed by atoms with Crippen LogP contribution in [0.25, 0.3) is 0 Å². The molecule has 0 aromatic heterocycles. The highest BCUT2D eigenvalue weighted by atomic mass is 16.3. The standard InChI is InChI=1S/C46H91NO3/c1-3-5-7-9-11-13-15-17-19-21-22-23-24-26-28-30-32-34-36-38-40-42-46(50)47-44(43-48)45(49)41-39-37-35-33-31-29-27-25-20-18-16-14-12-10-8-6-4-2/h39,41,44-45,48-49H,3-38,40,42-43H2,1-2H3,(H,47,50)/b41-39+. The number of amides is 1. The van der Waals surface area contributed by atoms with E-state index < -0.39 is 12.1 Å². The van der Waals surface area contributed by atoms with E-state index in [1.165, 1.54) is 212 Å². The molecule has 0 heterocycles. The van der Waals surface area contributed by atoms with Gasteiger partial charge < -0.3 is 15.5 Å². The van der Waals surface area contributed by atoms with Gasteiger partial charge in [-0.15, -0.1) is 0 Å². The van der Waals surface area contributed by atoms with Gasteiger partial charge in [0.25, 0.3) is 0 Å². The average molecular weight is 706 g/mol. The third kappa shape index (κ3) is 38.4. The molecule has 2 atom stereocenters. The van der Waals surface area contributed by atoms with Gasteiger partial charge >= 0.3 is 0 Å². The molecule has 0 aliphatic heterocycles. The molecule has 298 valence electrons. The molecule has 0 aliphatic rings. The van der Waals surface area contributed by atoms with Crippen molar-refractivity contribution in [2.24, 2.45) is 0 Å². The fourth-order valence-electron chi connectivity index (χ4n) is 7.24. The Kier molecular flexibility index (Phi) is 41.8. The summed E-state index contributed by atoms with van der Waals surface area (Å²) in [4.78, 5) is 12.4. The minimum atomic E-state index is -0.833. The zero-order valence-corrected chi connectivity index (χ0v) is 34.2. The van der Waals surface area contributed by atoms with Crippen LogP contribution in [0.2, 0.25) is 0 Å². The lowest BCUT2D eigenvalue weighted by Gasteiger charge is -2.20. The summed E-state index contributed by atoms with van der Waals surface area (Å²) < 4.78 is 0. The first-order valence-electron chi connectivity index (χ1n) is 22.9. The maximum absolute atomic E-state index is 12.4. The van der Waals surface area contributed by atoms with E-state index in [4.69, 9.17) is 0 Å². The fraction of sp³-hybridized carbons (Fsp3) is 0.935. The van der Waals surface area contributed by atoms with Gasteiger partial charge in [0.2, 0.25) is 5.91 Å². The van der Waals surface area contributed by atoms with Crippen molar-refractivity contribution >= 4 is 5.91 Å². The van der Waals surface area contributed by atoms with E-state index in [-0.39, 0.29) is 12.5 Å². The summed E-state index contributed by atoms with van der Waals surface area (Å²) in [5.41, 5.74) is 0. The Labute approximate surface area is 314 Å². The predicted molar refractivity (Wildman–Crippen MR) is 221 cm³/mol. The van der Waals surface area contributed by atoms with Gasteiger partial charge in [-0.3, -0.25) is 4.79 Å². The molecule has 0 bridgehead atoms. The van der Waals surface area contributed by atoms with Crippen molar-refractivity contribution in [1.82, 2.24) is 5.32 Å². The Morgan fingerprint density at radius 2 is 0.740 bits per heavy atom. The molecule has 4 nitrogen and oxygen atoms in total. The second-order valence-corrected chi connectivity index (χ2v) is 15.8. The monoisotopic (exact) mass is 706 g/mol. The first-order valence-corrected chi connectivity index (χ1v) is 22.9. The second kappa shape index (κ2) is 42.5. The largest absolute Gasteiger partial charge is 0.394 e. The van der Waals surface area contributed by atoms with E-state index in [0.717, 1.165) is 25.7 Å². The molecule has 0 aliphatic carbocycles. The summed E-state index contributed by atoms with van der Waals surface area (Å²) in [6, 6.07) is -0.616. The Hall–Kier alpha value is -0.870. The van der Waals surface area contributed by atoms with Crippen LogP contribution in [0, 0.1) is 0 Å². The number of aliphatic hydroxyl groups excluding tert-OH is 2. The lowest BCUT2D eigenvalue weighted by molar-refractivity contribution is -0.123. The average Bonchev–Trinajstić information content (AvgIpc) is 3.12. The maximum atomic E-state index is 12.4. The van der Waals surface area contributed by atoms with E-state index in [9.17, 15) is 15.0 Å². The smallest absolute Gasteiger partial charge is 0.220 e. The molecule has 0 spiro atoms. The van der Waals surface area contributed by atoms with E-state index in [1.807, 2.05) is 6.08 Å². The van der Waals surface area contributed by atoms with Crippen molar-refractivity contribution in [1.29, 1.82) is 0 Å². The highest BCUT2D eigenvalue weighted by Crippen LogP contribution is 2.16. The number of hydrogen-bond acceptors (Lipinski definition) is 3. The van der Waals surface area contributed by atoms with E-state index in [2.05, 4.69) is 19.2 Å². The second-order valence-electron chi connectivity index (χ2n) is 15.8. The molecule has 1 amide bonds. The van der Waals surface area contributed by atoms with E-state index in [0.29, 0.717) is 6.42 Å². The molecule has 0 saturated carbocycles. The van der Waals surface area contributed by atoms with Crippen LogP contribution in [-0.4, -0.2) is 34.9 Å². The molecule has 0 fully saturated rings. The Balaban J connectivity index is 3.51. The summed E-state index contributed by atoms with van der Waals surface area (Å²) in [6.07, 6.45) is 53.2. The normalized spacial score (nSPS) is 13.0. The number of nitrogens with one attached hydrogen (secondary N) is 1. The summed E-state index contributed by atoms with van der Waals surface area (Å²) in [6.45, 7) is 4.33. The summed E-state index contributed by atoms with van der Waals surface area (Å²) in [5.74, 6) is -0.0586. The molecule has 0 rings (SSSR count). The Morgan fingerprint density at radius 1 is 0.460 bits per heavy atom. The number of aliphatic hydroxyl groups is 2. The highest BCUT2D eigenvalue weighted by molar-refractivity contribution is 5.76. The van der Waals surface area contributed by atoms with Crippen molar-refractivity contribution in [3.05, 3.63) is 12.2 Å². The van der Waals surface area contributed by atoms with Crippen LogP contribution in [0.3, 0.4) is 0 Å². The lowest BCUT2D eigenvalue weighted by Crippen LogP contribution is -2.45. The SMILES string of the molecule is CCCCCCCCCCCCCCCCC/C=C/C(O)C(CO)NC(=O)CCCCCCCCCCCCCCCCCCCCCCC. The topological polar surface area (TPSA) is 69.6 Å². The van der Waals surface area contributed by atoms with Gasteiger partial charge in [0.15, 0.2) is 0 Å².